The van der Waals surface area contributed by atoms with Crippen LogP contribution in [0.15, 0.2) is 24.3 Å². The van der Waals surface area contributed by atoms with Gasteiger partial charge in [-0.2, -0.15) is 0 Å². The predicted molar refractivity (Wildman–Crippen MR) is 60.2 cm³/mol. The normalized spacial score (nSPS) is 9.71. The number of carbonyl (C=O) groups excluding carboxylic acids is 2. The Kier molecular flexibility index (Phi) is 4.96. The maximum atomic E-state index is 11.7. The number of hydrogen-bond donors (Lipinski definition) is 2. The number of rotatable bonds is 6. The van der Waals surface area contributed by atoms with Crippen molar-refractivity contribution in [1.29, 1.82) is 0 Å². The molecule has 1 aromatic carbocycles. The minimum absolute atomic E-state index is 0.332. The fraction of sp³-hybridized carbons (Fsp3) is 0.273. The number of primary amides is 1. The largest absolute Gasteiger partial charge is 0.493 e. The van der Waals surface area contributed by atoms with Crippen LogP contribution in [0.4, 0.5) is 0 Å². The summed E-state index contributed by atoms with van der Waals surface area (Å²) in [6.45, 7) is 1.90. The minimum Gasteiger partial charge on any atom is -0.493 e. The molecule has 0 radical (unpaired) electrons. The predicted octanol–water partition coefficient (Wildman–Crippen LogP) is 0.232. The molecule has 1 aromatic rings. The second kappa shape index (κ2) is 6.49. The van der Waals surface area contributed by atoms with Crippen molar-refractivity contribution >= 4 is 11.8 Å². The Morgan fingerprint density at radius 3 is 2.71 bits per heavy atom. The van der Waals surface area contributed by atoms with Crippen LogP contribution < -0.4 is 16.0 Å². The first-order valence-electron chi connectivity index (χ1n) is 5.07. The number of nitrogens with one attached hydrogen (secondary N) is 1. The van der Waals surface area contributed by atoms with E-state index in [9.17, 15) is 9.59 Å². The minimum atomic E-state index is -0.664. The molecule has 0 fully saturated rings. The highest BCUT2D eigenvalue weighted by molar-refractivity contribution is 5.96. The maximum absolute atomic E-state index is 11.7. The molecule has 0 saturated heterocycles. The monoisotopic (exact) mass is 238 g/mol. The van der Waals surface area contributed by atoms with E-state index in [1.54, 1.807) is 24.3 Å². The van der Waals surface area contributed by atoms with Gasteiger partial charge in [-0.05, 0) is 19.1 Å². The number of benzene rings is 1. The van der Waals surface area contributed by atoms with Gasteiger partial charge in [-0.3, -0.25) is 14.4 Å². The fourth-order valence-corrected chi connectivity index (χ4v) is 1.16. The molecule has 2 amide bonds. The summed E-state index contributed by atoms with van der Waals surface area (Å²) >= 11 is 0. The van der Waals surface area contributed by atoms with E-state index in [2.05, 4.69) is 10.3 Å². The van der Waals surface area contributed by atoms with E-state index < -0.39 is 11.8 Å². The van der Waals surface area contributed by atoms with E-state index in [1.807, 2.05) is 6.92 Å². The van der Waals surface area contributed by atoms with E-state index in [-0.39, 0.29) is 6.61 Å². The highest BCUT2D eigenvalue weighted by Crippen LogP contribution is 2.17. The van der Waals surface area contributed by atoms with E-state index in [0.717, 1.165) is 0 Å². The van der Waals surface area contributed by atoms with Gasteiger partial charge >= 0.3 is 0 Å². The molecule has 0 spiro atoms. The van der Waals surface area contributed by atoms with Gasteiger partial charge in [0, 0.05) is 0 Å². The summed E-state index contributed by atoms with van der Waals surface area (Å²) in [5.74, 6) is -0.700. The number of ether oxygens (including phenoxy) is 1. The van der Waals surface area contributed by atoms with Crippen molar-refractivity contribution in [3.8, 4) is 5.75 Å². The van der Waals surface area contributed by atoms with Crippen LogP contribution in [0.1, 0.15) is 17.3 Å². The highest BCUT2D eigenvalue weighted by atomic mass is 16.7. The van der Waals surface area contributed by atoms with Crippen LogP contribution in [-0.2, 0) is 9.63 Å². The first-order valence-corrected chi connectivity index (χ1v) is 5.07. The van der Waals surface area contributed by atoms with E-state index in [1.165, 1.54) is 0 Å². The van der Waals surface area contributed by atoms with Gasteiger partial charge < -0.3 is 10.5 Å². The summed E-state index contributed by atoms with van der Waals surface area (Å²) in [7, 11) is 0. The van der Waals surface area contributed by atoms with Crippen LogP contribution in [0, 0.1) is 0 Å². The third-order valence-electron chi connectivity index (χ3n) is 1.81. The van der Waals surface area contributed by atoms with Gasteiger partial charge in [-0.25, -0.2) is 5.48 Å². The van der Waals surface area contributed by atoms with Gasteiger partial charge in [0.25, 0.3) is 5.91 Å². The third-order valence-corrected chi connectivity index (χ3v) is 1.81. The Morgan fingerprint density at radius 1 is 1.35 bits per heavy atom. The molecule has 0 atom stereocenters. The molecule has 0 aliphatic rings. The molecule has 0 bridgehead atoms. The van der Waals surface area contributed by atoms with Gasteiger partial charge in [-0.15, -0.1) is 0 Å². The molecular formula is C11H14N2O4. The summed E-state index contributed by atoms with van der Waals surface area (Å²) in [6.07, 6.45) is 0. The van der Waals surface area contributed by atoms with Gasteiger partial charge in [0.05, 0.1) is 12.2 Å². The Morgan fingerprint density at radius 2 is 2.06 bits per heavy atom. The van der Waals surface area contributed by atoms with Crippen molar-refractivity contribution < 1.29 is 19.2 Å². The summed E-state index contributed by atoms with van der Waals surface area (Å²) in [6, 6.07) is 6.72. The Labute approximate surface area is 98.7 Å². The quantitative estimate of drug-likeness (QED) is 0.694. The third kappa shape index (κ3) is 4.12. The zero-order valence-electron chi connectivity index (χ0n) is 9.43. The molecule has 17 heavy (non-hydrogen) atoms. The summed E-state index contributed by atoms with van der Waals surface area (Å²) in [5, 5.41) is 0. The zero-order valence-corrected chi connectivity index (χ0v) is 9.43. The highest BCUT2D eigenvalue weighted by Gasteiger charge is 2.11. The molecule has 6 nitrogen and oxygen atoms in total. The number of amides is 2. The van der Waals surface area contributed by atoms with Crippen molar-refractivity contribution in [2.75, 3.05) is 13.2 Å². The molecule has 0 unspecified atom stereocenters. The van der Waals surface area contributed by atoms with Crippen molar-refractivity contribution in [3.05, 3.63) is 29.8 Å². The molecular weight excluding hydrogens is 224 g/mol. The van der Waals surface area contributed by atoms with E-state index in [4.69, 9.17) is 10.5 Å². The fourth-order valence-electron chi connectivity index (χ4n) is 1.16. The number of carbonyl (C=O) groups is 2. The van der Waals surface area contributed by atoms with Crippen LogP contribution in [0.25, 0.3) is 0 Å². The van der Waals surface area contributed by atoms with E-state index >= 15 is 0 Å². The maximum Gasteiger partial charge on any atom is 0.278 e. The Bertz CT molecular complexity index is 406. The van der Waals surface area contributed by atoms with Crippen LogP contribution in [0.3, 0.4) is 0 Å². The standard InChI is InChI=1S/C11H14N2O4/c1-2-16-9-6-4-3-5-8(9)11(15)13-17-7-10(12)14/h3-6H,2,7H2,1H3,(H2,12,14)(H,13,15). The lowest BCUT2D eigenvalue weighted by Gasteiger charge is -2.09. The molecule has 0 saturated carbocycles. The molecule has 92 valence electrons. The first-order chi connectivity index (χ1) is 8.15. The lowest BCUT2D eigenvalue weighted by molar-refractivity contribution is -0.124. The van der Waals surface area contributed by atoms with Gasteiger partial charge in [0.1, 0.15) is 5.75 Å². The number of hydrogen-bond acceptors (Lipinski definition) is 4. The molecule has 1 rings (SSSR count). The van der Waals surface area contributed by atoms with Gasteiger partial charge in [0.15, 0.2) is 6.61 Å². The average molecular weight is 238 g/mol. The molecule has 6 heteroatoms. The average Bonchev–Trinajstić information content (AvgIpc) is 2.29. The molecule has 0 aliphatic heterocycles. The summed E-state index contributed by atoms with van der Waals surface area (Å²) in [5.41, 5.74) is 7.30. The molecule has 0 heterocycles. The van der Waals surface area contributed by atoms with Crippen molar-refractivity contribution in [1.82, 2.24) is 5.48 Å². The summed E-state index contributed by atoms with van der Waals surface area (Å²) < 4.78 is 5.28. The number of hydroxylamine groups is 1. The second-order valence-corrected chi connectivity index (χ2v) is 3.12. The second-order valence-electron chi connectivity index (χ2n) is 3.12. The first kappa shape index (κ1) is 13.0. The van der Waals surface area contributed by atoms with Crippen molar-refractivity contribution in [3.63, 3.8) is 0 Å². The van der Waals surface area contributed by atoms with Crippen LogP contribution in [0.2, 0.25) is 0 Å². The SMILES string of the molecule is CCOc1ccccc1C(=O)NOCC(N)=O. The molecule has 0 aliphatic carbocycles. The molecule has 0 aromatic heterocycles. The Balaban J connectivity index is 2.64. The lowest BCUT2D eigenvalue weighted by atomic mass is 10.2. The van der Waals surface area contributed by atoms with Crippen LogP contribution in [0.5, 0.6) is 5.75 Å². The zero-order chi connectivity index (χ0) is 12.7. The van der Waals surface area contributed by atoms with Crippen LogP contribution in [-0.4, -0.2) is 25.0 Å². The van der Waals surface area contributed by atoms with Gasteiger partial charge in [0.2, 0.25) is 5.91 Å². The smallest absolute Gasteiger partial charge is 0.278 e. The van der Waals surface area contributed by atoms with Crippen molar-refractivity contribution in [2.24, 2.45) is 5.73 Å². The Hall–Kier alpha value is -2.08. The van der Waals surface area contributed by atoms with Crippen LogP contribution >= 0.6 is 0 Å². The number of para-hydroxylation sites is 1. The molecule has 3 N–H and O–H groups in total. The topological polar surface area (TPSA) is 90.7 Å². The number of nitrogens with two attached hydrogens (primary N) is 1. The van der Waals surface area contributed by atoms with Gasteiger partial charge in [-0.1, -0.05) is 12.1 Å². The summed E-state index contributed by atoms with van der Waals surface area (Å²) in [4.78, 5) is 26.7. The van der Waals surface area contributed by atoms with Crippen molar-refractivity contribution in [2.45, 2.75) is 6.92 Å². The van der Waals surface area contributed by atoms with E-state index in [0.29, 0.717) is 17.9 Å². The lowest BCUT2D eigenvalue weighted by Crippen LogP contribution is -2.29.